The van der Waals surface area contributed by atoms with Gasteiger partial charge in [0.2, 0.25) is 5.91 Å². The van der Waals surface area contributed by atoms with Gasteiger partial charge in [0.1, 0.15) is 0 Å². The number of nitrogens with zero attached hydrogens (tertiary/aromatic N) is 3. The van der Waals surface area contributed by atoms with Crippen molar-refractivity contribution in [3.8, 4) is 11.4 Å². The van der Waals surface area contributed by atoms with E-state index in [9.17, 15) is 4.79 Å². The Labute approximate surface area is 191 Å². The number of rotatable bonds is 8. The van der Waals surface area contributed by atoms with E-state index in [1.54, 1.807) is 11.3 Å². The number of thiophene rings is 1. The maximum Gasteiger partial charge on any atom is 0.234 e. The molecule has 0 spiro atoms. The van der Waals surface area contributed by atoms with Gasteiger partial charge < -0.3 is 10.1 Å². The Bertz CT molecular complexity index is 1050. The van der Waals surface area contributed by atoms with E-state index in [2.05, 4.69) is 38.5 Å². The first-order valence-corrected chi connectivity index (χ1v) is 12.5. The molecule has 8 heteroatoms. The highest BCUT2D eigenvalue weighted by molar-refractivity contribution is 7.99. The Morgan fingerprint density at radius 1 is 1.32 bits per heavy atom. The van der Waals surface area contributed by atoms with E-state index in [0.29, 0.717) is 6.54 Å². The Hall–Kier alpha value is -2.16. The highest BCUT2D eigenvalue weighted by atomic mass is 32.2. The molecule has 2 aromatic heterocycles. The topological polar surface area (TPSA) is 69.0 Å². The third-order valence-electron chi connectivity index (χ3n) is 5.39. The largest absolute Gasteiger partial charge is 0.376 e. The summed E-state index contributed by atoms with van der Waals surface area (Å²) in [5, 5.41) is 14.8. The lowest BCUT2D eigenvalue weighted by molar-refractivity contribution is -0.113. The number of amides is 1. The molecule has 1 aliphatic rings. The normalized spacial score (nSPS) is 16.0. The predicted molar refractivity (Wildman–Crippen MR) is 127 cm³/mol. The Kier molecular flexibility index (Phi) is 7.09. The maximum absolute atomic E-state index is 12.6. The smallest absolute Gasteiger partial charge is 0.234 e. The zero-order chi connectivity index (χ0) is 21.8. The van der Waals surface area contributed by atoms with Crippen LogP contribution in [-0.4, -0.2) is 39.1 Å². The lowest BCUT2D eigenvalue weighted by Gasteiger charge is -2.14. The number of thioether (sulfide) groups is 1. The number of hydrogen-bond donors (Lipinski definition) is 1. The predicted octanol–water partition coefficient (Wildman–Crippen LogP) is 5.10. The molecular weight excluding hydrogens is 428 g/mol. The van der Waals surface area contributed by atoms with Crippen LogP contribution in [0.15, 0.2) is 34.8 Å². The van der Waals surface area contributed by atoms with E-state index in [0.717, 1.165) is 59.2 Å². The van der Waals surface area contributed by atoms with Gasteiger partial charge in [-0.05, 0) is 56.4 Å². The van der Waals surface area contributed by atoms with Crippen LogP contribution in [-0.2, 0) is 22.5 Å². The number of carbonyl (C=O) groups is 1. The summed E-state index contributed by atoms with van der Waals surface area (Å²) in [6, 6.07) is 8.25. The monoisotopic (exact) mass is 456 g/mol. The van der Waals surface area contributed by atoms with E-state index in [4.69, 9.17) is 4.74 Å². The first-order valence-electron chi connectivity index (χ1n) is 10.7. The van der Waals surface area contributed by atoms with Gasteiger partial charge in [-0.15, -0.1) is 21.5 Å². The van der Waals surface area contributed by atoms with Crippen molar-refractivity contribution in [1.29, 1.82) is 0 Å². The molecule has 0 radical (unpaired) electrons. The van der Waals surface area contributed by atoms with Gasteiger partial charge in [-0.3, -0.25) is 9.36 Å². The van der Waals surface area contributed by atoms with Gasteiger partial charge in [0.25, 0.3) is 0 Å². The lowest BCUT2D eigenvalue weighted by Crippen LogP contribution is -2.18. The number of ether oxygens (including phenoxy) is 1. The van der Waals surface area contributed by atoms with Gasteiger partial charge in [0.05, 0.1) is 18.4 Å². The molecular formula is C23H28N4O2S2. The molecule has 4 rings (SSSR count). The molecule has 31 heavy (non-hydrogen) atoms. The number of anilines is 1. The van der Waals surface area contributed by atoms with Crippen molar-refractivity contribution >= 4 is 34.7 Å². The standard InChI is InChI=1S/C23H28N4O2S2/c1-4-19-11-17(13-30-19)22-25-26-23(27(22)12-18-6-5-9-29-18)31-14-21(28)24-20-10-15(2)7-8-16(20)3/h7-8,10-11,13,18H,4-6,9,12,14H2,1-3H3,(H,24,28). The van der Waals surface area contributed by atoms with Gasteiger partial charge in [-0.1, -0.05) is 30.8 Å². The lowest BCUT2D eigenvalue weighted by atomic mass is 10.1. The third-order valence-corrected chi connectivity index (χ3v) is 7.43. The van der Waals surface area contributed by atoms with Crippen LogP contribution >= 0.6 is 23.1 Å². The first kappa shape index (κ1) is 22.0. The molecule has 1 saturated heterocycles. The Balaban J connectivity index is 1.50. The van der Waals surface area contributed by atoms with Crippen molar-refractivity contribution in [2.45, 2.75) is 57.8 Å². The second-order valence-electron chi connectivity index (χ2n) is 7.86. The second-order valence-corrected chi connectivity index (χ2v) is 9.80. The third kappa shape index (κ3) is 5.37. The number of hydrogen-bond acceptors (Lipinski definition) is 6. The fourth-order valence-electron chi connectivity index (χ4n) is 3.64. The molecule has 1 N–H and O–H groups in total. The molecule has 1 aromatic carbocycles. The Morgan fingerprint density at radius 2 is 2.19 bits per heavy atom. The zero-order valence-corrected chi connectivity index (χ0v) is 19.8. The molecule has 164 valence electrons. The molecule has 1 atom stereocenters. The first-order chi connectivity index (χ1) is 15.0. The minimum Gasteiger partial charge on any atom is -0.376 e. The summed E-state index contributed by atoms with van der Waals surface area (Å²) >= 11 is 3.16. The van der Waals surface area contributed by atoms with Crippen LogP contribution in [0.2, 0.25) is 0 Å². The minimum absolute atomic E-state index is 0.0456. The summed E-state index contributed by atoms with van der Waals surface area (Å²) in [5.74, 6) is 1.08. The van der Waals surface area contributed by atoms with Crippen LogP contribution in [0.4, 0.5) is 5.69 Å². The molecule has 1 fully saturated rings. The Morgan fingerprint density at radius 3 is 2.94 bits per heavy atom. The van der Waals surface area contributed by atoms with Gasteiger partial charge in [0, 0.05) is 28.1 Å². The molecule has 0 saturated carbocycles. The van der Waals surface area contributed by atoms with Gasteiger partial charge in [-0.2, -0.15) is 0 Å². The van der Waals surface area contributed by atoms with Gasteiger partial charge in [0.15, 0.2) is 11.0 Å². The minimum atomic E-state index is -0.0456. The van der Waals surface area contributed by atoms with E-state index >= 15 is 0 Å². The van der Waals surface area contributed by atoms with Crippen LogP contribution in [0.25, 0.3) is 11.4 Å². The summed E-state index contributed by atoms with van der Waals surface area (Å²) in [7, 11) is 0. The molecule has 0 aliphatic carbocycles. The number of nitrogens with one attached hydrogen (secondary N) is 1. The van der Waals surface area contributed by atoms with Crippen LogP contribution in [0.1, 0.15) is 35.8 Å². The summed E-state index contributed by atoms with van der Waals surface area (Å²) in [4.78, 5) is 13.9. The highest BCUT2D eigenvalue weighted by Gasteiger charge is 2.23. The summed E-state index contributed by atoms with van der Waals surface area (Å²) < 4.78 is 7.98. The molecule has 0 bridgehead atoms. The van der Waals surface area contributed by atoms with Crippen molar-refractivity contribution < 1.29 is 9.53 Å². The molecule has 3 heterocycles. The van der Waals surface area contributed by atoms with Crippen LogP contribution in [0, 0.1) is 13.8 Å². The van der Waals surface area contributed by atoms with Crippen molar-refractivity contribution in [2.75, 3.05) is 17.7 Å². The second kappa shape index (κ2) is 9.97. The number of benzene rings is 1. The molecule has 6 nitrogen and oxygen atoms in total. The fourth-order valence-corrected chi connectivity index (χ4v) is 5.20. The fraction of sp³-hybridized carbons (Fsp3) is 0.435. The molecule has 1 amide bonds. The van der Waals surface area contributed by atoms with Crippen LogP contribution in [0.5, 0.6) is 0 Å². The van der Waals surface area contributed by atoms with Crippen molar-refractivity contribution in [2.24, 2.45) is 0 Å². The zero-order valence-electron chi connectivity index (χ0n) is 18.2. The number of carbonyl (C=O) groups excluding carboxylic acids is 1. The summed E-state index contributed by atoms with van der Waals surface area (Å²) in [6.45, 7) is 7.69. The van der Waals surface area contributed by atoms with Crippen molar-refractivity contribution in [3.63, 3.8) is 0 Å². The average molecular weight is 457 g/mol. The molecule has 1 unspecified atom stereocenters. The summed E-state index contributed by atoms with van der Waals surface area (Å²) in [5.41, 5.74) is 4.12. The molecule has 1 aliphatic heterocycles. The van der Waals surface area contributed by atoms with Crippen molar-refractivity contribution in [1.82, 2.24) is 14.8 Å². The van der Waals surface area contributed by atoms with E-state index in [1.807, 2.05) is 32.0 Å². The van der Waals surface area contributed by atoms with Crippen LogP contribution in [0.3, 0.4) is 0 Å². The van der Waals surface area contributed by atoms with Crippen LogP contribution < -0.4 is 5.32 Å². The van der Waals surface area contributed by atoms with E-state index in [-0.39, 0.29) is 17.8 Å². The quantitative estimate of drug-likeness (QED) is 0.478. The average Bonchev–Trinajstić information content (AvgIpc) is 3.50. The SMILES string of the molecule is CCc1cc(-c2nnc(SCC(=O)Nc3cc(C)ccc3C)n2CC2CCCO2)cs1. The number of aryl methyl sites for hydroxylation is 3. The molecule has 3 aromatic rings. The number of aromatic nitrogens is 3. The summed E-state index contributed by atoms with van der Waals surface area (Å²) in [6.07, 6.45) is 3.30. The van der Waals surface area contributed by atoms with Gasteiger partial charge in [-0.25, -0.2) is 0 Å². The van der Waals surface area contributed by atoms with E-state index in [1.165, 1.54) is 16.6 Å². The van der Waals surface area contributed by atoms with Gasteiger partial charge >= 0.3 is 0 Å². The maximum atomic E-state index is 12.6. The highest BCUT2D eigenvalue weighted by Crippen LogP contribution is 2.30. The van der Waals surface area contributed by atoms with E-state index < -0.39 is 0 Å². The van der Waals surface area contributed by atoms with Crippen molar-refractivity contribution in [3.05, 3.63) is 45.6 Å².